The van der Waals surface area contributed by atoms with Gasteiger partial charge in [0.25, 0.3) is 0 Å². The molecule has 0 spiro atoms. The predicted octanol–water partition coefficient (Wildman–Crippen LogP) is 1.85. The number of likely N-dealkylation sites (tertiary alicyclic amines) is 2. The molecule has 3 saturated heterocycles. The van der Waals surface area contributed by atoms with Gasteiger partial charge in [-0.1, -0.05) is 6.07 Å². The van der Waals surface area contributed by atoms with Gasteiger partial charge in [-0.3, -0.25) is 14.6 Å². The van der Waals surface area contributed by atoms with Crippen molar-refractivity contribution >= 4 is 11.8 Å². The van der Waals surface area contributed by atoms with Crippen LogP contribution in [0.5, 0.6) is 0 Å². The molecule has 28 heavy (non-hydrogen) atoms. The number of carbonyl (C=O) groups excluding carboxylic acids is 2. The Balaban J connectivity index is 1.26. The van der Waals surface area contributed by atoms with E-state index in [-0.39, 0.29) is 5.91 Å². The Morgan fingerprint density at radius 3 is 2.79 bits per heavy atom. The summed E-state index contributed by atoms with van der Waals surface area (Å²) in [6.07, 6.45) is 10.1. The number of hydrogen-bond acceptors (Lipinski definition) is 4. The summed E-state index contributed by atoms with van der Waals surface area (Å²) in [7, 11) is 0. The van der Waals surface area contributed by atoms with E-state index in [1.807, 2.05) is 17.0 Å². The fourth-order valence-electron chi connectivity index (χ4n) is 5.10. The molecule has 1 aromatic heterocycles. The maximum absolute atomic E-state index is 12.8. The molecule has 1 aromatic rings. The number of nitrogens with one attached hydrogen (secondary N) is 1. The molecule has 3 aliphatic rings. The number of piperidine rings is 2. The molecule has 3 atom stereocenters. The average Bonchev–Trinajstić information content (AvgIpc) is 3.25. The van der Waals surface area contributed by atoms with Crippen molar-refractivity contribution in [2.75, 3.05) is 32.7 Å². The molecule has 3 aliphatic heterocycles. The van der Waals surface area contributed by atoms with Gasteiger partial charge in [-0.25, -0.2) is 0 Å². The van der Waals surface area contributed by atoms with Crippen molar-refractivity contribution in [1.82, 2.24) is 20.1 Å². The summed E-state index contributed by atoms with van der Waals surface area (Å²) in [5.74, 6) is 1.60. The molecule has 4 heterocycles. The van der Waals surface area contributed by atoms with E-state index in [0.717, 1.165) is 64.0 Å². The van der Waals surface area contributed by atoms with Gasteiger partial charge >= 0.3 is 0 Å². The molecule has 3 fully saturated rings. The number of fused-ring (bicyclic) bond motifs is 2. The first kappa shape index (κ1) is 19.4. The lowest BCUT2D eigenvalue weighted by Gasteiger charge is -2.46. The molecule has 0 aliphatic carbocycles. The van der Waals surface area contributed by atoms with Crippen LogP contribution in [0.3, 0.4) is 0 Å². The minimum Gasteiger partial charge on any atom is -0.343 e. The van der Waals surface area contributed by atoms with Crippen LogP contribution in [-0.4, -0.2) is 65.4 Å². The molecule has 0 radical (unpaired) electrons. The summed E-state index contributed by atoms with van der Waals surface area (Å²) < 4.78 is 0. The van der Waals surface area contributed by atoms with Gasteiger partial charge in [0.15, 0.2) is 0 Å². The van der Waals surface area contributed by atoms with Crippen LogP contribution in [0.25, 0.3) is 0 Å². The summed E-state index contributed by atoms with van der Waals surface area (Å²) >= 11 is 0. The summed E-state index contributed by atoms with van der Waals surface area (Å²) in [5.41, 5.74) is 0.985. The van der Waals surface area contributed by atoms with Gasteiger partial charge in [0.2, 0.25) is 11.8 Å². The van der Waals surface area contributed by atoms with Gasteiger partial charge < -0.3 is 15.1 Å². The molecular formula is C22H32N4O2. The Bertz CT molecular complexity index is 674. The smallest absolute Gasteiger partial charge is 0.227 e. The molecular weight excluding hydrogens is 352 g/mol. The van der Waals surface area contributed by atoms with E-state index in [1.165, 1.54) is 6.42 Å². The van der Waals surface area contributed by atoms with Crippen molar-refractivity contribution in [1.29, 1.82) is 0 Å². The first-order chi connectivity index (χ1) is 13.7. The van der Waals surface area contributed by atoms with Crippen molar-refractivity contribution in [3.05, 3.63) is 30.1 Å². The van der Waals surface area contributed by atoms with Crippen LogP contribution in [0.4, 0.5) is 0 Å². The number of nitrogens with zero attached hydrogens (tertiary/aromatic N) is 3. The second-order valence-electron chi connectivity index (χ2n) is 8.69. The second kappa shape index (κ2) is 9.03. The van der Waals surface area contributed by atoms with E-state index in [2.05, 4.69) is 15.2 Å². The maximum atomic E-state index is 12.8. The Labute approximate surface area is 167 Å². The van der Waals surface area contributed by atoms with Gasteiger partial charge in [-0.2, -0.15) is 0 Å². The van der Waals surface area contributed by atoms with Gasteiger partial charge in [0, 0.05) is 51.0 Å². The molecule has 0 unspecified atom stereocenters. The highest BCUT2D eigenvalue weighted by molar-refractivity contribution is 5.79. The lowest BCUT2D eigenvalue weighted by Crippen LogP contribution is -2.57. The monoisotopic (exact) mass is 384 g/mol. The van der Waals surface area contributed by atoms with Crippen molar-refractivity contribution in [3.8, 4) is 0 Å². The summed E-state index contributed by atoms with van der Waals surface area (Å²) in [5, 5.41) is 3.70. The molecule has 0 saturated carbocycles. The molecule has 2 amide bonds. The van der Waals surface area contributed by atoms with E-state index in [0.29, 0.717) is 36.6 Å². The van der Waals surface area contributed by atoms with Crippen LogP contribution in [-0.2, 0) is 16.0 Å². The Hall–Kier alpha value is -1.95. The second-order valence-corrected chi connectivity index (χ2v) is 8.69. The van der Waals surface area contributed by atoms with Crippen LogP contribution in [0.1, 0.15) is 44.1 Å². The summed E-state index contributed by atoms with van der Waals surface area (Å²) in [4.78, 5) is 33.2. The number of carbonyl (C=O) groups is 2. The Morgan fingerprint density at radius 2 is 2.00 bits per heavy atom. The molecule has 1 N–H and O–H groups in total. The molecule has 4 rings (SSSR count). The zero-order valence-corrected chi connectivity index (χ0v) is 16.7. The van der Waals surface area contributed by atoms with Gasteiger partial charge in [-0.15, -0.1) is 0 Å². The lowest BCUT2D eigenvalue weighted by atomic mass is 9.79. The average molecular weight is 385 g/mol. The number of rotatable bonds is 6. The quantitative estimate of drug-likeness (QED) is 0.813. The Morgan fingerprint density at radius 1 is 1.14 bits per heavy atom. The minimum absolute atomic E-state index is 0.215. The van der Waals surface area contributed by atoms with Crippen molar-refractivity contribution < 1.29 is 9.59 Å². The van der Waals surface area contributed by atoms with E-state index in [4.69, 9.17) is 0 Å². The number of pyridine rings is 1. The topological polar surface area (TPSA) is 65.5 Å². The first-order valence-corrected chi connectivity index (χ1v) is 10.9. The van der Waals surface area contributed by atoms with E-state index in [1.54, 1.807) is 12.4 Å². The van der Waals surface area contributed by atoms with Crippen molar-refractivity contribution in [3.63, 3.8) is 0 Å². The molecule has 152 valence electrons. The molecule has 6 nitrogen and oxygen atoms in total. The van der Waals surface area contributed by atoms with Crippen LogP contribution in [0.15, 0.2) is 24.5 Å². The molecule has 2 bridgehead atoms. The number of hydrogen-bond donors (Lipinski definition) is 1. The van der Waals surface area contributed by atoms with Crippen LogP contribution >= 0.6 is 0 Å². The van der Waals surface area contributed by atoms with Gasteiger partial charge in [0.05, 0.1) is 6.42 Å². The predicted molar refractivity (Wildman–Crippen MR) is 108 cm³/mol. The third-order valence-corrected chi connectivity index (χ3v) is 6.60. The highest BCUT2D eigenvalue weighted by Gasteiger charge is 2.37. The highest BCUT2D eigenvalue weighted by Crippen LogP contribution is 2.30. The van der Waals surface area contributed by atoms with Crippen LogP contribution in [0.2, 0.25) is 0 Å². The fraction of sp³-hybridized carbons (Fsp3) is 0.682. The highest BCUT2D eigenvalue weighted by atomic mass is 16.2. The zero-order valence-electron chi connectivity index (χ0n) is 16.7. The van der Waals surface area contributed by atoms with E-state index in [9.17, 15) is 9.59 Å². The first-order valence-electron chi connectivity index (χ1n) is 10.9. The SMILES string of the molecule is O=C(CCC[C@H]1NC[C@@H]2C[C@@H]1CN(C(=O)Cc1cccnc1)C2)N1CCCC1. The summed E-state index contributed by atoms with van der Waals surface area (Å²) in [6, 6.07) is 4.28. The zero-order chi connectivity index (χ0) is 19.3. The van der Waals surface area contributed by atoms with Gasteiger partial charge in [-0.05, 0) is 62.1 Å². The van der Waals surface area contributed by atoms with Crippen molar-refractivity contribution in [2.24, 2.45) is 11.8 Å². The molecule has 6 heteroatoms. The molecule has 0 aromatic carbocycles. The summed E-state index contributed by atoms with van der Waals surface area (Å²) in [6.45, 7) is 4.58. The fourth-order valence-corrected chi connectivity index (χ4v) is 5.10. The normalized spacial score (nSPS) is 27.1. The largest absolute Gasteiger partial charge is 0.343 e. The van der Waals surface area contributed by atoms with E-state index >= 15 is 0 Å². The van der Waals surface area contributed by atoms with Crippen molar-refractivity contribution in [2.45, 2.75) is 51.0 Å². The van der Waals surface area contributed by atoms with E-state index < -0.39 is 0 Å². The Kier molecular flexibility index (Phi) is 6.25. The number of aromatic nitrogens is 1. The third-order valence-electron chi connectivity index (χ3n) is 6.60. The third kappa shape index (κ3) is 4.72. The standard InChI is InChI=1S/C22H32N4O2/c27-21(25-9-1-2-10-25)7-3-6-20-19-11-18(14-24-20)15-26(16-19)22(28)12-17-5-4-8-23-13-17/h4-5,8,13,18-20,24H,1-3,6-7,9-12,14-16H2/t18-,19+,20+/m0/s1. The maximum Gasteiger partial charge on any atom is 0.227 e. The lowest BCUT2D eigenvalue weighted by molar-refractivity contribution is -0.134. The van der Waals surface area contributed by atoms with Crippen LogP contribution < -0.4 is 5.32 Å². The van der Waals surface area contributed by atoms with Crippen LogP contribution in [0, 0.1) is 11.8 Å². The minimum atomic E-state index is 0.215. The van der Waals surface area contributed by atoms with Gasteiger partial charge in [0.1, 0.15) is 0 Å². The number of amides is 2.